The predicted octanol–water partition coefficient (Wildman–Crippen LogP) is 4.65. The zero-order chi connectivity index (χ0) is 21.0. The highest BCUT2D eigenvalue weighted by Crippen LogP contribution is 2.28. The van der Waals surface area contributed by atoms with Gasteiger partial charge >= 0.3 is 0 Å². The molecule has 1 amide bonds. The number of nitrogens with one attached hydrogen (secondary N) is 1. The van der Waals surface area contributed by atoms with Gasteiger partial charge in [-0.05, 0) is 48.2 Å². The van der Waals surface area contributed by atoms with Gasteiger partial charge in [0.15, 0.2) is 11.0 Å². The summed E-state index contributed by atoms with van der Waals surface area (Å²) in [5.74, 6) is 2.08. The molecule has 0 aliphatic heterocycles. The Morgan fingerprint density at radius 3 is 2.55 bits per heavy atom. The van der Waals surface area contributed by atoms with Crippen LogP contribution in [0.15, 0.2) is 47.6 Å². The lowest BCUT2D eigenvalue weighted by Gasteiger charge is -2.16. The minimum Gasteiger partial charge on any atom is -0.497 e. The molecule has 0 unspecified atom stereocenters. The average Bonchev–Trinajstić information content (AvgIpc) is 3.08. The summed E-state index contributed by atoms with van der Waals surface area (Å²) >= 11 is 1.37. The molecule has 3 aromatic rings. The van der Waals surface area contributed by atoms with Crippen molar-refractivity contribution in [1.29, 1.82) is 0 Å². The van der Waals surface area contributed by atoms with Gasteiger partial charge in [0.25, 0.3) is 0 Å². The molecular weight excluding hydrogens is 384 g/mol. The first-order valence-corrected chi connectivity index (χ1v) is 10.4. The maximum absolute atomic E-state index is 12.6. The van der Waals surface area contributed by atoms with Gasteiger partial charge in [0.2, 0.25) is 5.91 Å². The maximum Gasteiger partial charge on any atom is 0.234 e. The summed E-state index contributed by atoms with van der Waals surface area (Å²) in [7, 11) is 3.54. The van der Waals surface area contributed by atoms with Crippen molar-refractivity contribution in [2.75, 3.05) is 18.2 Å². The van der Waals surface area contributed by atoms with E-state index in [1.165, 1.54) is 11.8 Å². The number of anilines is 1. The van der Waals surface area contributed by atoms with Gasteiger partial charge < -0.3 is 14.6 Å². The Labute approximate surface area is 175 Å². The molecule has 0 aliphatic carbocycles. The molecule has 3 rings (SSSR count). The molecule has 1 aromatic heterocycles. The van der Waals surface area contributed by atoms with Crippen LogP contribution in [0.3, 0.4) is 0 Å². The SMILES string of the molecule is COc1ccc(-c2nnc(SCC(=O)Nc3c(C)cccc3C(C)C)n2C)cc1. The number of nitrogens with zero attached hydrogens (tertiary/aromatic N) is 3. The molecule has 6 nitrogen and oxygen atoms in total. The molecule has 0 atom stereocenters. The van der Waals surface area contributed by atoms with Crippen LogP contribution >= 0.6 is 11.8 Å². The molecule has 0 aliphatic rings. The number of benzene rings is 2. The standard InChI is InChI=1S/C22H26N4O2S/c1-14(2)18-8-6-7-15(3)20(18)23-19(27)13-29-22-25-24-21(26(22)4)16-9-11-17(28-5)12-10-16/h6-12,14H,13H2,1-5H3,(H,23,27). The third-order valence-electron chi connectivity index (χ3n) is 4.71. The van der Waals surface area contributed by atoms with Crippen molar-refractivity contribution >= 4 is 23.4 Å². The fourth-order valence-electron chi connectivity index (χ4n) is 3.08. The summed E-state index contributed by atoms with van der Waals surface area (Å²) in [6, 6.07) is 13.8. The van der Waals surface area contributed by atoms with Crippen LogP contribution in [0.25, 0.3) is 11.4 Å². The van der Waals surface area contributed by atoms with E-state index in [4.69, 9.17) is 4.74 Å². The molecule has 2 aromatic carbocycles. The molecule has 152 valence electrons. The quantitative estimate of drug-likeness (QED) is 0.574. The van der Waals surface area contributed by atoms with E-state index in [9.17, 15) is 4.79 Å². The Hall–Kier alpha value is -2.80. The Morgan fingerprint density at radius 1 is 1.17 bits per heavy atom. The minimum absolute atomic E-state index is 0.0554. The molecule has 0 saturated heterocycles. The van der Waals surface area contributed by atoms with Crippen molar-refractivity contribution in [1.82, 2.24) is 14.8 Å². The zero-order valence-electron chi connectivity index (χ0n) is 17.4. The predicted molar refractivity (Wildman–Crippen MR) is 118 cm³/mol. The molecule has 0 saturated carbocycles. The summed E-state index contributed by atoms with van der Waals surface area (Å²) in [5.41, 5.74) is 4.06. The molecule has 7 heteroatoms. The van der Waals surface area contributed by atoms with Crippen LogP contribution in [0, 0.1) is 6.92 Å². The second-order valence-electron chi connectivity index (χ2n) is 7.12. The van der Waals surface area contributed by atoms with Gasteiger partial charge in [0.1, 0.15) is 5.75 Å². The largest absolute Gasteiger partial charge is 0.497 e. The molecule has 1 heterocycles. The van der Waals surface area contributed by atoms with Gasteiger partial charge in [0, 0.05) is 18.3 Å². The highest BCUT2D eigenvalue weighted by atomic mass is 32.2. The monoisotopic (exact) mass is 410 g/mol. The first-order valence-electron chi connectivity index (χ1n) is 9.46. The van der Waals surface area contributed by atoms with Gasteiger partial charge in [-0.3, -0.25) is 4.79 Å². The number of carbonyl (C=O) groups excluding carboxylic acids is 1. The van der Waals surface area contributed by atoms with Gasteiger partial charge in [-0.15, -0.1) is 10.2 Å². The van der Waals surface area contributed by atoms with E-state index in [1.54, 1.807) is 7.11 Å². The van der Waals surface area contributed by atoms with E-state index in [2.05, 4.69) is 35.4 Å². The van der Waals surface area contributed by atoms with E-state index in [-0.39, 0.29) is 11.7 Å². The number of thioether (sulfide) groups is 1. The number of hydrogen-bond acceptors (Lipinski definition) is 5. The van der Waals surface area contributed by atoms with Crippen molar-refractivity contribution < 1.29 is 9.53 Å². The van der Waals surface area contributed by atoms with Gasteiger partial charge in [-0.1, -0.05) is 43.8 Å². The molecule has 29 heavy (non-hydrogen) atoms. The lowest BCUT2D eigenvalue weighted by Crippen LogP contribution is -2.17. The topological polar surface area (TPSA) is 69.0 Å². The molecule has 0 radical (unpaired) electrons. The number of amides is 1. The fraction of sp³-hybridized carbons (Fsp3) is 0.318. The Balaban J connectivity index is 1.68. The highest BCUT2D eigenvalue weighted by Gasteiger charge is 2.15. The van der Waals surface area contributed by atoms with E-state index < -0.39 is 0 Å². The van der Waals surface area contributed by atoms with E-state index in [1.807, 2.05) is 54.9 Å². The second kappa shape index (κ2) is 9.13. The van der Waals surface area contributed by atoms with Crippen molar-refractivity contribution in [2.24, 2.45) is 7.05 Å². The second-order valence-corrected chi connectivity index (χ2v) is 8.07. The number of rotatable bonds is 7. The number of carbonyl (C=O) groups is 1. The van der Waals surface area contributed by atoms with E-state index in [0.29, 0.717) is 11.1 Å². The third kappa shape index (κ3) is 4.79. The first kappa shape index (κ1) is 20.9. The van der Waals surface area contributed by atoms with Crippen LogP contribution in [0.4, 0.5) is 5.69 Å². The lowest BCUT2D eigenvalue weighted by molar-refractivity contribution is -0.113. The number of aryl methyl sites for hydroxylation is 1. The normalized spacial score (nSPS) is 11.0. The number of ether oxygens (including phenoxy) is 1. The van der Waals surface area contributed by atoms with Crippen molar-refractivity contribution in [3.8, 4) is 17.1 Å². The van der Waals surface area contributed by atoms with E-state index in [0.717, 1.165) is 34.0 Å². The van der Waals surface area contributed by atoms with Crippen LogP contribution in [0.2, 0.25) is 0 Å². The van der Waals surface area contributed by atoms with Crippen LogP contribution < -0.4 is 10.1 Å². The maximum atomic E-state index is 12.6. The minimum atomic E-state index is -0.0554. The van der Waals surface area contributed by atoms with E-state index >= 15 is 0 Å². The van der Waals surface area contributed by atoms with Crippen molar-refractivity contribution in [3.63, 3.8) is 0 Å². The lowest BCUT2D eigenvalue weighted by atomic mass is 9.98. The number of methoxy groups -OCH3 is 1. The number of para-hydroxylation sites is 1. The molecule has 0 bridgehead atoms. The Morgan fingerprint density at radius 2 is 1.90 bits per heavy atom. The van der Waals surface area contributed by atoms with Crippen LogP contribution in [-0.4, -0.2) is 33.5 Å². The van der Waals surface area contributed by atoms with Crippen LogP contribution in [-0.2, 0) is 11.8 Å². The van der Waals surface area contributed by atoms with Gasteiger partial charge in [-0.25, -0.2) is 0 Å². The van der Waals surface area contributed by atoms with Gasteiger partial charge in [0.05, 0.1) is 12.9 Å². The molecule has 0 fully saturated rings. The number of aromatic nitrogens is 3. The van der Waals surface area contributed by atoms with Crippen LogP contribution in [0.5, 0.6) is 5.75 Å². The van der Waals surface area contributed by atoms with Crippen molar-refractivity contribution in [2.45, 2.75) is 31.8 Å². The number of hydrogen-bond donors (Lipinski definition) is 1. The van der Waals surface area contributed by atoms with Crippen LogP contribution in [0.1, 0.15) is 30.9 Å². The van der Waals surface area contributed by atoms with Gasteiger partial charge in [-0.2, -0.15) is 0 Å². The summed E-state index contributed by atoms with van der Waals surface area (Å²) < 4.78 is 7.09. The average molecular weight is 411 g/mol. The third-order valence-corrected chi connectivity index (χ3v) is 5.73. The fourth-order valence-corrected chi connectivity index (χ4v) is 3.79. The molecule has 1 N–H and O–H groups in total. The summed E-state index contributed by atoms with van der Waals surface area (Å²) in [5, 5.41) is 12.3. The summed E-state index contributed by atoms with van der Waals surface area (Å²) in [6.07, 6.45) is 0. The summed E-state index contributed by atoms with van der Waals surface area (Å²) in [4.78, 5) is 12.6. The zero-order valence-corrected chi connectivity index (χ0v) is 18.2. The first-order chi connectivity index (χ1) is 13.9. The highest BCUT2D eigenvalue weighted by molar-refractivity contribution is 7.99. The van der Waals surface area contributed by atoms with Crippen molar-refractivity contribution in [3.05, 3.63) is 53.6 Å². The molecular formula is C22H26N4O2S. The Kier molecular flexibility index (Phi) is 6.59. The Bertz CT molecular complexity index is 997. The smallest absolute Gasteiger partial charge is 0.234 e. The summed E-state index contributed by atoms with van der Waals surface area (Å²) in [6.45, 7) is 6.26. The molecule has 0 spiro atoms.